The zero-order valence-electron chi connectivity index (χ0n) is 24.8. The number of aromatic amines is 1. The number of fused-ring (bicyclic) bond motifs is 6. The molecule has 2 aromatic rings. The van der Waals surface area contributed by atoms with Gasteiger partial charge in [-0.25, -0.2) is 0 Å². The van der Waals surface area contributed by atoms with Gasteiger partial charge >= 0.3 is 0 Å². The van der Waals surface area contributed by atoms with E-state index in [4.69, 9.17) is 0 Å². The van der Waals surface area contributed by atoms with Gasteiger partial charge in [-0.3, -0.25) is 14.9 Å². The molecular weight excluding hydrogens is 536 g/mol. The molecule has 0 radical (unpaired) electrons. The monoisotopic (exact) mass is 580 g/mol. The van der Waals surface area contributed by atoms with Crippen molar-refractivity contribution in [2.45, 2.75) is 97.2 Å². The lowest BCUT2D eigenvalue weighted by molar-refractivity contribution is -0.384. The summed E-state index contributed by atoms with van der Waals surface area (Å²) >= 11 is 0. The minimum Gasteiger partial charge on any atom is -0.493 e. The fourth-order valence-electron chi connectivity index (χ4n) is 10.3. The van der Waals surface area contributed by atoms with Crippen LogP contribution in [0.4, 0.5) is 11.4 Å². The number of non-ortho nitro benzene ring substituents is 1. The predicted octanol–water partition coefficient (Wildman–Crippen LogP) is 6.80. The molecule has 8 unspecified atom stereocenters. The number of nitrogens with zero attached hydrogens (tertiary/aromatic N) is 3. The minimum absolute atomic E-state index is 0.0960. The van der Waals surface area contributed by atoms with Gasteiger partial charge in [0.15, 0.2) is 5.69 Å². The Bertz CT molecular complexity index is 1410. The second-order valence-electron chi connectivity index (χ2n) is 14.4. The SMILES string of the molecule is CC(CCC(=O)N=Nc1c(O)[nH]c2cc([N+](=O)[O-])ccc12)C1CCC2C3C(O)CC4CC(O)CC[C@]4(C)C3CC[C@]12C. The number of nitrogens with one attached hydrogen (secondary N) is 1. The number of H-pyrrole nitrogens is 1. The number of carbonyl (C=O) groups is 1. The van der Waals surface area contributed by atoms with Gasteiger partial charge in [0, 0.05) is 23.9 Å². The zero-order chi connectivity index (χ0) is 30.0. The van der Waals surface area contributed by atoms with Gasteiger partial charge in [-0.05, 0) is 110 Å². The fraction of sp³-hybridized carbons (Fsp3) is 0.719. The highest BCUT2D eigenvalue weighted by atomic mass is 16.6. The molecule has 4 fully saturated rings. The number of benzene rings is 1. The molecule has 1 aromatic carbocycles. The molecule has 0 bridgehead atoms. The first-order valence-electron chi connectivity index (χ1n) is 15.7. The van der Waals surface area contributed by atoms with Crippen LogP contribution < -0.4 is 0 Å². The molecule has 228 valence electrons. The highest BCUT2D eigenvalue weighted by Gasteiger charge is 2.62. The second kappa shape index (κ2) is 10.7. The van der Waals surface area contributed by atoms with E-state index in [9.17, 15) is 30.2 Å². The fourth-order valence-corrected chi connectivity index (χ4v) is 10.3. The summed E-state index contributed by atoms with van der Waals surface area (Å²) < 4.78 is 0. The third-order valence-electron chi connectivity index (χ3n) is 12.4. The summed E-state index contributed by atoms with van der Waals surface area (Å²) in [6.45, 7) is 7.11. The van der Waals surface area contributed by atoms with E-state index >= 15 is 0 Å². The average molecular weight is 581 g/mol. The quantitative estimate of drug-likeness (QED) is 0.167. The summed E-state index contributed by atoms with van der Waals surface area (Å²) in [5, 5.41) is 51.4. The molecule has 4 aliphatic rings. The lowest BCUT2D eigenvalue weighted by Crippen LogP contribution is -2.58. The molecule has 6 rings (SSSR count). The highest BCUT2D eigenvalue weighted by molar-refractivity contribution is 5.95. The van der Waals surface area contributed by atoms with E-state index in [1.54, 1.807) is 0 Å². The average Bonchev–Trinajstić information content (AvgIpc) is 3.46. The summed E-state index contributed by atoms with van der Waals surface area (Å²) in [6, 6.07) is 4.12. The Hall–Kier alpha value is -2.85. The van der Waals surface area contributed by atoms with Gasteiger partial charge in [0.2, 0.25) is 5.88 Å². The van der Waals surface area contributed by atoms with Gasteiger partial charge < -0.3 is 20.3 Å². The molecular formula is C32H44N4O6. The topological polar surface area (TPSA) is 161 Å². The maximum absolute atomic E-state index is 12.7. The van der Waals surface area contributed by atoms with Gasteiger partial charge in [-0.1, -0.05) is 20.8 Å². The van der Waals surface area contributed by atoms with Crippen LogP contribution in [0.3, 0.4) is 0 Å². The molecule has 10 nitrogen and oxygen atoms in total. The van der Waals surface area contributed by atoms with Gasteiger partial charge in [-0.2, -0.15) is 0 Å². The van der Waals surface area contributed by atoms with Crippen LogP contribution in [0.15, 0.2) is 28.4 Å². The standard InChI is InChI=1S/C32H44N4O6/c1-17(4-9-27(39)34-35-29-21-6-5-19(36(41)42)16-25(21)33-30(29)40)22-7-8-23-28-24(11-13-32(22,23)3)31(2)12-10-20(37)14-18(31)15-26(28)38/h5-6,16-18,20,22-24,26,28,33,37-38,40H,4,7-15H2,1-3H3/t17?,18?,20?,22?,23?,24?,26?,28?,31-,32+/m0/s1. The molecule has 4 N–H and O–H groups in total. The molecule has 0 aliphatic heterocycles. The van der Waals surface area contributed by atoms with Crippen LogP contribution in [0.5, 0.6) is 5.88 Å². The van der Waals surface area contributed by atoms with Gasteiger partial charge in [-0.15, -0.1) is 10.2 Å². The first-order chi connectivity index (χ1) is 19.9. The number of aromatic hydroxyl groups is 1. The van der Waals surface area contributed by atoms with Crippen molar-refractivity contribution in [3.8, 4) is 5.88 Å². The smallest absolute Gasteiger partial charge is 0.271 e. The molecule has 1 aromatic heterocycles. The Balaban J connectivity index is 1.10. The molecule has 4 aliphatic carbocycles. The Morgan fingerprint density at radius 2 is 1.86 bits per heavy atom. The zero-order valence-corrected chi connectivity index (χ0v) is 24.8. The molecule has 10 heteroatoms. The third-order valence-corrected chi connectivity index (χ3v) is 12.4. The van der Waals surface area contributed by atoms with Crippen molar-refractivity contribution in [1.82, 2.24) is 4.98 Å². The van der Waals surface area contributed by atoms with Crippen LogP contribution in [0.25, 0.3) is 10.9 Å². The number of nitro groups is 1. The van der Waals surface area contributed by atoms with E-state index in [1.165, 1.54) is 18.2 Å². The van der Waals surface area contributed by atoms with E-state index in [2.05, 4.69) is 36.0 Å². The van der Waals surface area contributed by atoms with Crippen LogP contribution >= 0.6 is 0 Å². The van der Waals surface area contributed by atoms with Crippen molar-refractivity contribution in [2.75, 3.05) is 0 Å². The summed E-state index contributed by atoms with van der Waals surface area (Å²) in [5.41, 5.74) is 0.684. The largest absolute Gasteiger partial charge is 0.493 e. The van der Waals surface area contributed by atoms with Crippen LogP contribution in [0.1, 0.15) is 85.0 Å². The number of rotatable bonds is 6. The number of amides is 1. The van der Waals surface area contributed by atoms with Gasteiger partial charge in [0.25, 0.3) is 11.6 Å². The number of hydrogen-bond donors (Lipinski definition) is 4. The molecule has 0 saturated heterocycles. The van der Waals surface area contributed by atoms with Crippen LogP contribution in [0.2, 0.25) is 0 Å². The van der Waals surface area contributed by atoms with Crippen molar-refractivity contribution in [3.05, 3.63) is 28.3 Å². The van der Waals surface area contributed by atoms with Crippen molar-refractivity contribution in [1.29, 1.82) is 0 Å². The Labute approximate surface area is 246 Å². The van der Waals surface area contributed by atoms with E-state index in [-0.39, 0.29) is 52.6 Å². The van der Waals surface area contributed by atoms with Crippen molar-refractivity contribution < 1.29 is 25.0 Å². The maximum atomic E-state index is 12.7. The lowest BCUT2D eigenvalue weighted by atomic mass is 9.43. The van der Waals surface area contributed by atoms with Crippen molar-refractivity contribution in [2.24, 2.45) is 56.6 Å². The summed E-state index contributed by atoms with van der Waals surface area (Å²) in [4.78, 5) is 25.9. The molecule has 4 saturated carbocycles. The molecule has 42 heavy (non-hydrogen) atoms. The van der Waals surface area contributed by atoms with E-state index in [0.717, 1.165) is 51.4 Å². The summed E-state index contributed by atoms with van der Waals surface area (Å²) in [7, 11) is 0. The van der Waals surface area contributed by atoms with Gasteiger partial charge in [0.1, 0.15) is 0 Å². The van der Waals surface area contributed by atoms with Gasteiger partial charge in [0.05, 0.1) is 22.6 Å². The number of aliphatic hydroxyl groups is 2. The Morgan fingerprint density at radius 1 is 1.12 bits per heavy atom. The van der Waals surface area contributed by atoms with Crippen LogP contribution in [-0.4, -0.2) is 43.3 Å². The number of carbonyl (C=O) groups excluding carboxylic acids is 1. The number of nitro benzene ring substituents is 1. The Kier molecular flexibility index (Phi) is 7.45. The van der Waals surface area contributed by atoms with E-state index < -0.39 is 4.92 Å². The maximum Gasteiger partial charge on any atom is 0.271 e. The Morgan fingerprint density at radius 3 is 2.62 bits per heavy atom. The van der Waals surface area contributed by atoms with E-state index in [0.29, 0.717) is 52.8 Å². The minimum atomic E-state index is -0.516. The number of hydrogen-bond acceptors (Lipinski definition) is 7. The first kappa shape index (κ1) is 29.2. The number of aliphatic hydroxyl groups excluding tert-OH is 2. The summed E-state index contributed by atoms with van der Waals surface area (Å²) in [6.07, 6.45) is 8.52. The van der Waals surface area contributed by atoms with Crippen molar-refractivity contribution >= 4 is 28.2 Å². The predicted molar refractivity (Wildman–Crippen MR) is 157 cm³/mol. The normalized spacial score (nSPS) is 38.6. The van der Waals surface area contributed by atoms with Crippen LogP contribution in [0, 0.1) is 56.5 Å². The summed E-state index contributed by atoms with van der Waals surface area (Å²) in [5.74, 6) is 1.88. The van der Waals surface area contributed by atoms with Crippen molar-refractivity contribution in [3.63, 3.8) is 0 Å². The third kappa shape index (κ3) is 4.75. The lowest BCUT2D eigenvalue weighted by Gasteiger charge is -2.62. The molecule has 1 heterocycles. The second-order valence-corrected chi connectivity index (χ2v) is 14.4. The molecule has 1 amide bonds. The molecule has 0 spiro atoms. The number of azo groups is 1. The first-order valence-corrected chi connectivity index (χ1v) is 15.7. The molecule has 10 atom stereocenters. The van der Waals surface area contributed by atoms with Crippen LogP contribution in [-0.2, 0) is 4.79 Å². The van der Waals surface area contributed by atoms with E-state index in [1.807, 2.05) is 0 Å². The number of aromatic nitrogens is 1. The highest BCUT2D eigenvalue weighted by Crippen LogP contribution is 2.68.